The first-order valence-electron chi connectivity index (χ1n) is 9.56. The number of benzene rings is 1. The summed E-state index contributed by atoms with van der Waals surface area (Å²) in [5.74, 6) is 1.39. The topological polar surface area (TPSA) is 75.7 Å². The number of nitrogens with zero attached hydrogens (tertiary/aromatic N) is 2. The molecule has 2 heterocycles. The Kier molecular flexibility index (Phi) is 6.74. The highest BCUT2D eigenvalue weighted by atomic mass is 32.1. The van der Waals surface area contributed by atoms with E-state index in [4.69, 9.17) is 9.47 Å². The van der Waals surface area contributed by atoms with Crippen molar-refractivity contribution < 1.29 is 14.3 Å². The highest BCUT2D eigenvalue weighted by molar-refractivity contribution is 7.13. The minimum atomic E-state index is -0.139. The van der Waals surface area contributed by atoms with Crippen molar-refractivity contribution >= 4 is 22.4 Å². The third-order valence-electron chi connectivity index (χ3n) is 4.60. The molecule has 0 bridgehead atoms. The van der Waals surface area contributed by atoms with Crippen LogP contribution in [0.25, 0.3) is 0 Å². The Bertz CT molecular complexity index is 798. The molecule has 3 rings (SSSR count). The molecule has 0 saturated carbocycles. The molecule has 1 aliphatic heterocycles. The lowest BCUT2D eigenvalue weighted by Gasteiger charge is -2.30. The summed E-state index contributed by atoms with van der Waals surface area (Å²) in [5, 5.41) is 8.71. The average molecular weight is 405 g/mol. The summed E-state index contributed by atoms with van der Waals surface area (Å²) in [7, 11) is 0. The number of anilines is 1. The standard InChI is InChI=1S/C20H28N4O3S/c1-13(2)24(14(3)4)8-7-21-19(25)16-11-28-20(23-16)22-10-15-5-6-17-18(9-15)27-12-26-17/h5-6,9,11,13-14H,7-8,10,12H2,1-4H3,(H,21,25)(H,22,23). The number of ether oxygens (including phenoxy) is 2. The third-order valence-corrected chi connectivity index (χ3v) is 5.40. The molecule has 1 aliphatic rings. The molecule has 152 valence electrons. The quantitative estimate of drug-likeness (QED) is 0.668. The summed E-state index contributed by atoms with van der Waals surface area (Å²) in [5.41, 5.74) is 1.51. The van der Waals surface area contributed by atoms with Gasteiger partial charge in [0.2, 0.25) is 6.79 Å². The van der Waals surface area contributed by atoms with Crippen molar-refractivity contribution in [3.8, 4) is 11.5 Å². The van der Waals surface area contributed by atoms with E-state index in [0.29, 0.717) is 36.0 Å². The van der Waals surface area contributed by atoms with Crippen molar-refractivity contribution in [3.05, 3.63) is 34.8 Å². The summed E-state index contributed by atoms with van der Waals surface area (Å²) in [6, 6.07) is 6.73. The van der Waals surface area contributed by atoms with Gasteiger partial charge in [0, 0.05) is 37.1 Å². The second-order valence-electron chi connectivity index (χ2n) is 7.26. The van der Waals surface area contributed by atoms with E-state index in [9.17, 15) is 4.79 Å². The Balaban J connectivity index is 1.47. The van der Waals surface area contributed by atoms with E-state index in [-0.39, 0.29) is 12.7 Å². The van der Waals surface area contributed by atoms with Crippen LogP contribution < -0.4 is 20.1 Å². The molecule has 0 aliphatic carbocycles. The lowest BCUT2D eigenvalue weighted by Crippen LogP contribution is -2.42. The Morgan fingerprint density at radius 3 is 2.71 bits per heavy atom. The summed E-state index contributed by atoms with van der Waals surface area (Å²) in [4.78, 5) is 19.1. The van der Waals surface area contributed by atoms with E-state index in [0.717, 1.165) is 23.6 Å². The molecule has 1 aromatic heterocycles. The second kappa shape index (κ2) is 9.25. The van der Waals surface area contributed by atoms with Crippen molar-refractivity contribution in [2.45, 2.75) is 46.3 Å². The molecule has 0 spiro atoms. The van der Waals surface area contributed by atoms with Crippen LogP contribution in [0.15, 0.2) is 23.6 Å². The summed E-state index contributed by atoms with van der Waals surface area (Å²) < 4.78 is 10.7. The van der Waals surface area contributed by atoms with Crippen LogP contribution in [-0.4, -0.2) is 47.8 Å². The number of nitrogens with one attached hydrogen (secondary N) is 2. The van der Waals surface area contributed by atoms with E-state index >= 15 is 0 Å². The molecule has 2 aromatic rings. The van der Waals surface area contributed by atoms with Crippen molar-refractivity contribution in [1.82, 2.24) is 15.2 Å². The number of amides is 1. The molecule has 1 amide bonds. The summed E-state index contributed by atoms with van der Waals surface area (Å²) in [6.07, 6.45) is 0. The third kappa shape index (κ3) is 5.14. The van der Waals surface area contributed by atoms with Crippen LogP contribution in [0.4, 0.5) is 5.13 Å². The van der Waals surface area contributed by atoms with Crippen LogP contribution in [0.1, 0.15) is 43.7 Å². The van der Waals surface area contributed by atoms with Gasteiger partial charge < -0.3 is 20.1 Å². The molecule has 0 fully saturated rings. The van der Waals surface area contributed by atoms with Crippen LogP contribution in [0.3, 0.4) is 0 Å². The van der Waals surface area contributed by atoms with Gasteiger partial charge in [0.15, 0.2) is 16.6 Å². The van der Waals surface area contributed by atoms with Gasteiger partial charge in [0.25, 0.3) is 5.91 Å². The molecular weight excluding hydrogens is 376 g/mol. The number of carbonyl (C=O) groups is 1. The number of rotatable bonds is 9. The van der Waals surface area contributed by atoms with Crippen molar-refractivity contribution in [2.24, 2.45) is 0 Å². The van der Waals surface area contributed by atoms with Gasteiger partial charge in [-0.15, -0.1) is 11.3 Å². The second-order valence-corrected chi connectivity index (χ2v) is 8.12. The minimum Gasteiger partial charge on any atom is -0.454 e. The fraction of sp³-hybridized carbons (Fsp3) is 0.500. The Morgan fingerprint density at radius 2 is 1.96 bits per heavy atom. The summed E-state index contributed by atoms with van der Waals surface area (Å²) >= 11 is 1.42. The molecule has 0 saturated heterocycles. The van der Waals surface area contributed by atoms with Crippen molar-refractivity contribution in [2.75, 3.05) is 25.2 Å². The molecule has 0 radical (unpaired) electrons. The summed E-state index contributed by atoms with van der Waals surface area (Å²) in [6.45, 7) is 11.0. The van der Waals surface area contributed by atoms with E-state index in [1.165, 1.54) is 11.3 Å². The largest absolute Gasteiger partial charge is 0.454 e. The maximum atomic E-state index is 12.3. The van der Waals surface area contributed by atoms with E-state index in [1.807, 2.05) is 18.2 Å². The minimum absolute atomic E-state index is 0.139. The van der Waals surface area contributed by atoms with Gasteiger partial charge >= 0.3 is 0 Å². The van der Waals surface area contributed by atoms with Crippen LogP contribution in [-0.2, 0) is 6.54 Å². The first-order chi connectivity index (χ1) is 13.4. The fourth-order valence-electron chi connectivity index (χ4n) is 3.19. The van der Waals surface area contributed by atoms with Crippen LogP contribution in [0.5, 0.6) is 11.5 Å². The van der Waals surface area contributed by atoms with Crippen LogP contribution >= 0.6 is 11.3 Å². The zero-order chi connectivity index (χ0) is 20.1. The average Bonchev–Trinajstić information content (AvgIpc) is 3.31. The SMILES string of the molecule is CC(C)N(CCNC(=O)c1csc(NCc2ccc3c(c2)OCO3)n1)C(C)C. The van der Waals surface area contributed by atoms with Gasteiger partial charge in [-0.25, -0.2) is 4.98 Å². The lowest BCUT2D eigenvalue weighted by molar-refractivity contribution is 0.0935. The zero-order valence-corrected chi connectivity index (χ0v) is 17.6. The molecule has 0 unspecified atom stereocenters. The molecule has 0 atom stereocenters. The van der Waals surface area contributed by atoms with Crippen LogP contribution in [0.2, 0.25) is 0 Å². The first kappa shape index (κ1) is 20.4. The van der Waals surface area contributed by atoms with Gasteiger partial charge in [0.05, 0.1) is 0 Å². The molecule has 8 heteroatoms. The van der Waals surface area contributed by atoms with Crippen LogP contribution in [0, 0.1) is 0 Å². The molecule has 28 heavy (non-hydrogen) atoms. The number of fused-ring (bicyclic) bond motifs is 1. The Labute approximate surface area is 170 Å². The molecule has 2 N–H and O–H groups in total. The van der Waals surface area contributed by atoms with Gasteiger partial charge in [-0.3, -0.25) is 9.69 Å². The van der Waals surface area contributed by atoms with Gasteiger partial charge in [-0.05, 0) is 45.4 Å². The predicted octanol–water partition coefficient (Wildman–Crippen LogP) is 3.33. The smallest absolute Gasteiger partial charge is 0.270 e. The Morgan fingerprint density at radius 1 is 1.21 bits per heavy atom. The van der Waals surface area contributed by atoms with E-state index in [2.05, 4.69) is 48.2 Å². The monoisotopic (exact) mass is 404 g/mol. The number of hydrogen-bond acceptors (Lipinski definition) is 7. The highest BCUT2D eigenvalue weighted by Gasteiger charge is 2.16. The van der Waals surface area contributed by atoms with E-state index in [1.54, 1.807) is 5.38 Å². The molecule has 7 nitrogen and oxygen atoms in total. The normalized spacial score (nSPS) is 12.8. The first-order valence-corrected chi connectivity index (χ1v) is 10.4. The van der Waals surface area contributed by atoms with E-state index < -0.39 is 0 Å². The maximum Gasteiger partial charge on any atom is 0.270 e. The molecular formula is C20H28N4O3S. The van der Waals surface area contributed by atoms with Gasteiger partial charge in [-0.2, -0.15) is 0 Å². The number of hydrogen-bond donors (Lipinski definition) is 2. The van der Waals surface area contributed by atoms with Crippen molar-refractivity contribution in [3.63, 3.8) is 0 Å². The van der Waals surface area contributed by atoms with Gasteiger partial charge in [0.1, 0.15) is 5.69 Å². The maximum absolute atomic E-state index is 12.3. The predicted molar refractivity (Wildman–Crippen MR) is 111 cm³/mol. The number of carbonyl (C=O) groups excluding carboxylic acids is 1. The number of aromatic nitrogens is 1. The Hall–Kier alpha value is -2.32. The zero-order valence-electron chi connectivity index (χ0n) is 16.8. The highest BCUT2D eigenvalue weighted by Crippen LogP contribution is 2.32. The van der Waals surface area contributed by atoms with Gasteiger partial charge in [-0.1, -0.05) is 6.07 Å². The van der Waals surface area contributed by atoms with Crippen molar-refractivity contribution in [1.29, 1.82) is 0 Å². The lowest BCUT2D eigenvalue weighted by atomic mass is 10.2. The fourth-order valence-corrected chi connectivity index (χ4v) is 3.88. The molecule has 1 aromatic carbocycles. The number of thiazole rings is 1.